The molecule has 1 fully saturated rings. The first kappa shape index (κ1) is 15.5. The Balaban J connectivity index is 1.95. The van der Waals surface area contributed by atoms with Gasteiger partial charge >= 0.3 is 0 Å². The van der Waals surface area contributed by atoms with Crippen molar-refractivity contribution in [2.45, 2.75) is 46.6 Å². The first-order chi connectivity index (χ1) is 10.9. The normalized spacial score (nSPS) is 17.7. The predicted molar refractivity (Wildman–Crippen MR) is 84.5 cm³/mol. The van der Waals surface area contributed by atoms with E-state index in [0.29, 0.717) is 17.8 Å². The summed E-state index contributed by atoms with van der Waals surface area (Å²) in [6, 6.07) is 1.82. The Morgan fingerprint density at radius 2 is 2.09 bits per heavy atom. The molecule has 0 aliphatic carbocycles. The first-order valence-electron chi connectivity index (χ1n) is 7.84. The molecule has 0 spiro atoms. The van der Waals surface area contributed by atoms with Crippen molar-refractivity contribution in [3.63, 3.8) is 0 Å². The number of likely N-dealkylation sites (tertiary alicyclic amines) is 1. The molecule has 6 nitrogen and oxygen atoms in total. The summed E-state index contributed by atoms with van der Waals surface area (Å²) < 4.78 is 5.15. The fourth-order valence-corrected chi connectivity index (χ4v) is 3.43. The Morgan fingerprint density at radius 3 is 2.65 bits per heavy atom. The van der Waals surface area contributed by atoms with Crippen LogP contribution in [0.4, 0.5) is 0 Å². The molecule has 1 saturated heterocycles. The highest BCUT2D eigenvalue weighted by Crippen LogP contribution is 2.34. The molecule has 0 aromatic carbocycles. The number of amides is 1. The molecule has 23 heavy (non-hydrogen) atoms. The Kier molecular flexibility index (Phi) is 3.83. The average molecular weight is 315 g/mol. The molecule has 2 aromatic rings. The summed E-state index contributed by atoms with van der Waals surface area (Å²) in [7, 11) is 0. The first-order valence-corrected chi connectivity index (χ1v) is 7.84. The Bertz CT molecular complexity index is 772. The minimum atomic E-state index is -0.0607. The standard InChI is InChI=1S/C17H21N3O3/c1-9-8-13(19-23-9)14-6-5-7-20(14)17(22)15-10(2)16(12(4)21)18-11(15)3/h8,14,18H,5-7H2,1-4H3. The van der Waals surface area contributed by atoms with Crippen molar-refractivity contribution in [1.82, 2.24) is 15.0 Å². The highest BCUT2D eigenvalue weighted by Gasteiger charge is 2.34. The van der Waals surface area contributed by atoms with Crippen LogP contribution in [-0.2, 0) is 0 Å². The second-order valence-electron chi connectivity index (χ2n) is 6.20. The number of rotatable bonds is 3. The Hall–Kier alpha value is -2.37. The minimum Gasteiger partial charge on any atom is -0.361 e. The van der Waals surface area contributed by atoms with E-state index in [4.69, 9.17) is 4.52 Å². The summed E-state index contributed by atoms with van der Waals surface area (Å²) in [6.45, 7) is 7.69. The van der Waals surface area contributed by atoms with Gasteiger partial charge in [-0.1, -0.05) is 5.16 Å². The SMILES string of the molecule is CC(=O)c1[nH]c(C)c(C(=O)N2CCCC2c2cc(C)on2)c1C. The van der Waals surface area contributed by atoms with Gasteiger partial charge in [0, 0.05) is 25.2 Å². The Morgan fingerprint density at radius 1 is 1.35 bits per heavy atom. The van der Waals surface area contributed by atoms with Gasteiger partial charge in [-0.3, -0.25) is 9.59 Å². The molecule has 0 saturated carbocycles. The number of nitrogens with one attached hydrogen (secondary N) is 1. The third-order valence-corrected chi connectivity index (χ3v) is 4.50. The van der Waals surface area contributed by atoms with E-state index >= 15 is 0 Å². The number of hydrogen-bond donors (Lipinski definition) is 1. The number of H-pyrrole nitrogens is 1. The van der Waals surface area contributed by atoms with E-state index in [1.165, 1.54) is 6.92 Å². The van der Waals surface area contributed by atoms with Crippen molar-refractivity contribution in [2.75, 3.05) is 6.54 Å². The van der Waals surface area contributed by atoms with Crippen LogP contribution in [-0.4, -0.2) is 33.3 Å². The van der Waals surface area contributed by atoms with Crippen molar-refractivity contribution < 1.29 is 14.1 Å². The molecule has 0 bridgehead atoms. The number of Topliss-reactive ketones (excluding diaryl/α,β-unsaturated/α-hetero) is 1. The van der Waals surface area contributed by atoms with Crippen LogP contribution < -0.4 is 0 Å². The van der Waals surface area contributed by atoms with Crippen molar-refractivity contribution in [1.29, 1.82) is 0 Å². The summed E-state index contributed by atoms with van der Waals surface area (Å²) in [4.78, 5) is 29.6. The lowest BCUT2D eigenvalue weighted by molar-refractivity contribution is 0.0729. The van der Waals surface area contributed by atoms with E-state index in [1.54, 1.807) is 0 Å². The molecule has 122 valence electrons. The fourth-order valence-electron chi connectivity index (χ4n) is 3.43. The third-order valence-electron chi connectivity index (χ3n) is 4.50. The molecule has 1 amide bonds. The molecule has 3 rings (SSSR count). The highest BCUT2D eigenvalue weighted by molar-refractivity contribution is 6.02. The van der Waals surface area contributed by atoms with Crippen molar-refractivity contribution >= 4 is 11.7 Å². The van der Waals surface area contributed by atoms with Crippen molar-refractivity contribution in [2.24, 2.45) is 0 Å². The number of aryl methyl sites for hydroxylation is 2. The third kappa shape index (κ3) is 2.58. The van der Waals surface area contributed by atoms with Crippen LogP contribution in [0, 0.1) is 20.8 Å². The van der Waals surface area contributed by atoms with Gasteiger partial charge in [-0.2, -0.15) is 0 Å². The van der Waals surface area contributed by atoms with Crippen LogP contribution in [0.1, 0.15) is 69.4 Å². The molecule has 1 aliphatic heterocycles. The Labute approximate surface area is 134 Å². The number of carbonyl (C=O) groups excluding carboxylic acids is 2. The van der Waals surface area contributed by atoms with Gasteiger partial charge in [-0.05, 0) is 39.2 Å². The van der Waals surface area contributed by atoms with Gasteiger partial charge < -0.3 is 14.4 Å². The maximum absolute atomic E-state index is 13.1. The van der Waals surface area contributed by atoms with Gasteiger partial charge in [0.25, 0.3) is 5.91 Å². The molecular formula is C17H21N3O3. The monoisotopic (exact) mass is 315 g/mol. The molecular weight excluding hydrogens is 294 g/mol. The zero-order valence-electron chi connectivity index (χ0n) is 13.9. The van der Waals surface area contributed by atoms with Crippen LogP contribution in [0.25, 0.3) is 0 Å². The largest absolute Gasteiger partial charge is 0.361 e. The van der Waals surface area contributed by atoms with Gasteiger partial charge in [0.2, 0.25) is 0 Å². The molecule has 1 N–H and O–H groups in total. The van der Waals surface area contributed by atoms with E-state index in [1.807, 2.05) is 31.7 Å². The molecule has 1 unspecified atom stereocenters. The lowest BCUT2D eigenvalue weighted by Gasteiger charge is -2.23. The zero-order chi connectivity index (χ0) is 16.7. The van der Waals surface area contributed by atoms with Crippen LogP contribution in [0.3, 0.4) is 0 Å². The second-order valence-corrected chi connectivity index (χ2v) is 6.20. The number of aromatic amines is 1. The van der Waals surface area contributed by atoms with E-state index < -0.39 is 0 Å². The van der Waals surface area contributed by atoms with Gasteiger partial charge in [0.1, 0.15) is 11.5 Å². The predicted octanol–water partition coefficient (Wildman–Crippen LogP) is 3.11. The lowest BCUT2D eigenvalue weighted by atomic mass is 10.1. The highest BCUT2D eigenvalue weighted by atomic mass is 16.5. The van der Waals surface area contributed by atoms with Gasteiger partial charge in [0.05, 0.1) is 17.3 Å². The van der Waals surface area contributed by atoms with Gasteiger partial charge in [-0.15, -0.1) is 0 Å². The van der Waals surface area contributed by atoms with Crippen molar-refractivity contribution in [3.8, 4) is 0 Å². The molecule has 2 aromatic heterocycles. The quantitative estimate of drug-likeness (QED) is 0.883. The summed E-state index contributed by atoms with van der Waals surface area (Å²) in [5.41, 5.74) is 3.37. The van der Waals surface area contributed by atoms with Crippen molar-refractivity contribution in [3.05, 3.63) is 40.0 Å². The van der Waals surface area contributed by atoms with Crippen LogP contribution in [0.2, 0.25) is 0 Å². The maximum atomic E-state index is 13.1. The molecule has 6 heteroatoms. The number of carbonyl (C=O) groups is 2. The fraction of sp³-hybridized carbons (Fsp3) is 0.471. The van der Waals surface area contributed by atoms with Crippen LogP contribution in [0.5, 0.6) is 0 Å². The maximum Gasteiger partial charge on any atom is 0.256 e. The van der Waals surface area contributed by atoms with E-state index in [2.05, 4.69) is 10.1 Å². The number of hydrogen-bond acceptors (Lipinski definition) is 4. The second kappa shape index (κ2) is 5.68. The summed E-state index contributed by atoms with van der Waals surface area (Å²) in [6.07, 6.45) is 1.81. The summed E-state index contributed by atoms with van der Waals surface area (Å²) >= 11 is 0. The van der Waals surface area contributed by atoms with Gasteiger partial charge in [-0.25, -0.2) is 0 Å². The average Bonchev–Trinajstić information content (AvgIpc) is 3.17. The lowest BCUT2D eigenvalue weighted by Crippen LogP contribution is -2.31. The number of ketones is 1. The molecule has 1 aliphatic rings. The smallest absolute Gasteiger partial charge is 0.256 e. The number of aromatic nitrogens is 2. The summed E-state index contributed by atoms with van der Waals surface area (Å²) in [5.74, 6) is 0.633. The van der Waals surface area contributed by atoms with E-state index in [0.717, 1.165) is 35.6 Å². The minimum absolute atomic E-state index is 0.0492. The van der Waals surface area contributed by atoms with E-state index in [9.17, 15) is 9.59 Å². The van der Waals surface area contributed by atoms with Crippen LogP contribution >= 0.6 is 0 Å². The number of nitrogens with zero attached hydrogens (tertiary/aromatic N) is 2. The van der Waals surface area contributed by atoms with E-state index in [-0.39, 0.29) is 17.7 Å². The van der Waals surface area contributed by atoms with Gasteiger partial charge in [0.15, 0.2) is 5.78 Å². The zero-order valence-corrected chi connectivity index (χ0v) is 13.9. The molecule has 0 radical (unpaired) electrons. The molecule has 3 heterocycles. The topological polar surface area (TPSA) is 79.2 Å². The molecule has 1 atom stereocenters. The summed E-state index contributed by atoms with van der Waals surface area (Å²) in [5, 5.41) is 4.07. The van der Waals surface area contributed by atoms with Crippen LogP contribution in [0.15, 0.2) is 10.6 Å².